The van der Waals surface area contributed by atoms with Crippen molar-refractivity contribution in [3.63, 3.8) is 0 Å². The molecule has 0 aliphatic heterocycles. The van der Waals surface area contributed by atoms with E-state index in [1.54, 1.807) is 26.0 Å². The van der Waals surface area contributed by atoms with Crippen LogP contribution in [-0.4, -0.2) is 56.6 Å². The minimum Gasteiger partial charge on any atom is -0.352 e. The van der Waals surface area contributed by atoms with Crippen LogP contribution in [0, 0.1) is 6.92 Å². The Hall–Kier alpha value is -2.58. The fraction of sp³-hybridized carbons (Fsp3) is 0.440. The molecular weight excluding hydrogens is 474 g/mol. The van der Waals surface area contributed by atoms with Crippen molar-refractivity contribution in [2.75, 3.05) is 23.7 Å². The van der Waals surface area contributed by atoms with Gasteiger partial charge in [-0.25, -0.2) is 8.42 Å². The van der Waals surface area contributed by atoms with Gasteiger partial charge in [0.05, 0.1) is 11.9 Å². The lowest BCUT2D eigenvalue weighted by Gasteiger charge is -2.32. The molecule has 2 aromatic rings. The first-order chi connectivity index (χ1) is 15.9. The van der Waals surface area contributed by atoms with Crippen molar-refractivity contribution < 1.29 is 18.0 Å². The molecule has 2 amide bonds. The van der Waals surface area contributed by atoms with E-state index in [0.717, 1.165) is 22.5 Å². The summed E-state index contributed by atoms with van der Waals surface area (Å²) in [5.41, 5.74) is 2.02. The lowest BCUT2D eigenvalue weighted by molar-refractivity contribution is -0.139. The number of halogens is 1. The van der Waals surface area contributed by atoms with Crippen LogP contribution in [0.4, 0.5) is 5.69 Å². The minimum atomic E-state index is -3.80. The molecule has 2 rings (SSSR count). The Morgan fingerprint density at radius 2 is 1.74 bits per heavy atom. The summed E-state index contributed by atoms with van der Waals surface area (Å²) in [4.78, 5) is 27.8. The van der Waals surface area contributed by atoms with Gasteiger partial charge in [-0.1, -0.05) is 54.9 Å². The number of hydrogen-bond donors (Lipinski definition) is 1. The lowest BCUT2D eigenvalue weighted by atomic mass is 10.1. The van der Waals surface area contributed by atoms with Crippen molar-refractivity contribution in [3.8, 4) is 0 Å². The maximum Gasteiger partial charge on any atom is 0.244 e. The highest BCUT2D eigenvalue weighted by Gasteiger charge is 2.30. The van der Waals surface area contributed by atoms with Crippen molar-refractivity contribution >= 4 is 39.1 Å². The monoisotopic (exact) mass is 507 g/mol. The van der Waals surface area contributed by atoms with Crippen molar-refractivity contribution in [2.45, 2.75) is 52.6 Å². The number of nitrogens with one attached hydrogen (secondary N) is 1. The minimum absolute atomic E-state index is 0.0392. The smallest absolute Gasteiger partial charge is 0.244 e. The number of hydrogen-bond acceptors (Lipinski definition) is 4. The van der Waals surface area contributed by atoms with Gasteiger partial charge in [-0.15, -0.1) is 0 Å². The van der Waals surface area contributed by atoms with Gasteiger partial charge in [0.1, 0.15) is 12.6 Å². The third kappa shape index (κ3) is 7.74. The molecular formula is C25H34ClN3O4S. The fourth-order valence-electron chi connectivity index (χ4n) is 3.48. The van der Waals surface area contributed by atoms with Gasteiger partial charge in [-0.3, -0.25) is 13.9 Å². The van der Waals surface area contributed by atoms with E-state index in [1.165, 1.54) is 11.0 Å². The number of sulfonamides is 1. The molecule has 0 saturated carbocycles. The molecule has 0 radical (unpaired) electrons. The van der Waals surface area contributed by atoms with E-state index in [-0.39, 0.29) is 18.5 Å². The van der Waals surface area contributed by atoms with Gasteiger partial charge in [0.15, 0.2) is 0 Å². The molecule has 0 saturated heterocycles. The zero-order valence-electron chi connectivity index (χ0n) is 20.4. The third-order valence-corrected chi connectivity index (χ3v) is 7.13. The molecule has 7 nitrogen and oxygen atoms in total. The summed E-state index contributed by atoms with van der Waals surface area (Å²) in [5, 5.41) is 3.28. The first-order valence-corrected chi connectivity index (χ1v) is 13.5. The van der Waals surface area contributed by atoms with Gasteiger partial charge in [0.25, 0.3) is 0 Å². The number of carbonyl (C=O) groups excluding carboxylic acids is 2. The number of anilines is 1. The van der Waals surface area contributed by atoms with E-state index < -0.39 is 28.5 Å². The Balaban J connectivity index is 2.35. The van der Waals surface area contributed by atoms with Gasteiger partial charge in [0.2, 0.25) is 21.8 Å². The molecule has 0 heterocycles. The Bertz CT molecular complexity index is 1090. The molecule has 0 aliphatic rings. The fourth-order valence-corrected chi connectivity index (χ4v) is 4.55. The van der Waals surface area contributed by atoms with Gasteiger partial charge in [0, 0.05) is 17.6 Å². The average Bonchev–Trinajstić information content (AvgIpc) is 2.79. The Kier molecular flexibility index (Phi) is 9.94. The number of amides is 2. The normalized spacial score (nSPS) is 13.1. The summed E-state index contributed by atoms with van der Waals surface area (Å²) in [6, 6.07) is 13.7. The van der Waals surface area contributed by atoms with Crippen LogP contribution in [0.15, 0.2) is 48.5 Å². The first kappa shape index (κ1) is 27.7. The number of aryl methyl sites for hydroxylation is 1. The molecule has 9 heteroatoms. The predicted molar refractivity (Wildman–Crippen MR) is 138 cm³/mol. The quantitative estimate of drug-likeness (QED) is 0.501. The van der Waals surface area contributed by atoms with E-state index in [1.807, 2.05) is 44.2 Å². The molecule has 1 N–H and O–H groups in total. The molecule has 0 aromatic heterocycles. The number of rotatable bonds is 11. The third-order valence-electron chi connectivity index (χ3n) is 5.77. The molecule has 0 unspecified atom stereocenters. The zero-order chi connectivity index (χ0) is 25.5. The SMILES string of the molecule is CC[C@@H](C)NC(=O)[C@H](C)N(CCc1ccccc1)C(=O)CN(c1cc(Cl)ccc1C)S(C)(=O)=O. The van der Waals surface area contributed by atoms with Gasteiger partial charge in [-0.2, -0.15) is 0 Å². The van der Waals surface area contributed by atoms with Crippen molar-refractivity contribution in [2.24, 2.45) is 0 Å². The molecule has 0 fully saturated rings. The second-order valence-corrected chi connectivity index (χ2v) is 10.9. The lowest BCUT2D eigenvalue weighted by Crippen LogP contribution is -2.53. The predicted octanol–water partition coefficient (Wildman–Crippen LogP) is 3.79. The van der Waals surface area contributed by atoms with E-state index in [0.29, 0.717) is 22.7 Å². The summed E-state index contributed by atoms with van der Waals surface area (Å²) >= 11 is 6.11. The van der Waals surface area contributed by atoms with Gasteiger partial charge >= 0.3 is 0 Å². The number of benzene rings is 2. The van der Waals surface area contributed by atoms with Crippen LogP contribution in [0.25, 0.3) is 0 Å². The highest BCUT2D eigenvalue weighted by atomic mass is 35.5. The largest absolute Gasteiger partial charge is 0.352 e. The first-order valence-electron chi connectivity index (χ1n) is 11.3. The maximum absolute atomic E-state index is 13.5. The Labute approximate surface area is 208 Å². The second-order valence-electron chi connectivity index (χ2n) is 8.52. The molecule has 0 aliphatic carbocycles. The van der Waals surface area contributed by atoms with Crippen LogP contribution >= 0.6 is 11.6 Å². The second kappa shape index (κ2) is 12.2. The molecule has 2 atom stereocenters. The molecule has 34 heavy (non-hydrogen) atoms. The average molecular weight is 508 g/mol. The molecule has 186 valence electrons. The highest BCUT2D eigenvalue weighted by Crippen LogP contribution is 2.26. The van der Waals surface area contributed by atoms with Crippen LogP contribution < -0.4 is 9.62 Å². The van der Waals surface area contributed by atoms with E-state index in [9.17, 15) is 18.0 Å². The summed E-state index contributed by atoms with van der Waals surface area (Å²) in [6.45, 7) is 7.11. The maximum atomic E-state index is 13.5. The topological polar surface area (TPSA) is 86.8 Å². The Morgan fingerprint density at radius 3 is 2.32 bits per heavy atom. The highest BCUT2D eigenvalue weighted by molar-refractivity contribution is 7.92. The summed E-state index contributed by atoms with van der Waals surface area (Å²) in [5.74, 6) is -0.742. The van der Waals surface area contributed by atoms with Gasteiger partial charge in [-0.05, 0) is 56.9 Å². The van der Waals surface area contributed by atoms with E-state index in [4.69, 9.17) is 11.6 Å². The molecule has 2 aromatic carbocycles. The molecule has 0 spiro atoms. The Morgan fingerprint density at radius 1 is 1.09 bits per heavy atom. The summed E-state index contributed by atoms with van der Waals surface area (Å²) < 4.78 is 26.4. The van der Waals surface area contributed by atoms with E-state index >= 15 is 0 Å². The van der Waals surface area contributed by atoms with Crippen LogP contribution in [-0.2, 0) is 26.0 Å². The van der Waals surface area contributed by atoms with Crippen LogP contribution in [0.1, 0.15) is 38.3 Å². The number of nitrogens with zero attached hydrogens (tertiary/aromatic N) is 2. The van der Waals surface area contributed by atoms with Crippen LogP contribution in [0.2, 0.25) is 5.02 Å². The van der Waals surface area contributed by atoms with Crippen molar-refractivity contribution in [1.29, 1.82) is 0 Å². The summed E-state index contributed by atoms with van der Waals surface area (Å²) in [7, 11) is -3.80. The zero-order valence-corrected chi connectivity index (χ0v) is 22.0. The number of carbonyl (C=O) groups is 2. The van der Waals surface area contributed by atoms with Crippen LogP contribution in [0.3, 0.4) is 0 Å². The molecule has 0 bridgehead atoms. The summed E-state index contributed by atoms with van der Waals surface area (Å²) in [6.07, 6.45) is 2.34. The van der Waals surface area contributed by atoms with E-state index in [2.05, 4.69) is 5.32 Å². The van der Waals surface area contributed by atoms with Gasteiger partial charge < -0.3 is 10.2 Å². The standard InChI is InChI=1S/C25H34ClN3O4S/c1-6-19(3)27-25(31)20(4)28(15-14-21-10-8-7-9-11-21)24(30)17-29(34(5,32)33)23-16-22(26)13-12-18(23)2/h7-13,16,19-20H,6,14-15,17H2,1-5H3,(H,27,31)/t19-,20+/m1/s1. The van der Waals surface area contributed by atoms with Crippen molar-refractivity contribution in [1.82, 2.24) is 10.2 Å². The van der Waals surface area contributed by atoms with Crippen LogP contribution in [0.5, 0.6) is 0 Å². The van der Waals surface area contributed by atoms with Crippen molar-refractivity contribution in [3.05, 3.63) is 64.7 Å².